The molecule has 6 heteroatoms. The molecule has 1 atom stereocenters. The van der Waals surface area contributed by atoms with Crippen molar-refractivity contribution in [1.29, 1.82) is 0 Å². The lowest BCUT2D eigenvalue weighted by atomic mass is 10.2. The fraction of sp³-hybridized carbons (Fsp3) is 0.385. The average molecular weight is 375 g/mol. The van der Waals surface area contributed by atoms with E-state index < -0.39 is 12.0 Å². The van der Waals surface area contributed by atoms with Crippen LogP contribution in [0.25, 0.3) is 0 Å². The minimum absolute atomic E-state index is 0.121. The van der Waals surface area contributed by atoms with E-state index in [0.29, 0.717) is 18.7 Å². The van der Waals surface area contributed by atoms with Crippen LogP contribution in [0.4, 0.5) is 0 Å². The van der Waals surface area contributed by atoms with E-state index in [2.05, 4.69) is 22.6 Å². The molecule has 2 rings (SSSR count). The summed E-state index contributed by atoms with van der Waals surface area (Å²) in [5.41, 5.74) is 0. The van der Waals surface area contributed by atoms with Crippen molar-refractivity contribution in [1.82, 2.24) is 4.90 Å². The van der Waals surface area contributed by atoms with Crippen molar-refractivity contribution < 1.29 is 19.4 Å². The summed E-state index contributed by atoms with van der Waals surface area (Å²) >= 11 is 2.16. The highest BCUT2D eigenvalue weighted by atomic mass is 127. The van der Waals surface area contributed by atoms with Crippen LogP contribution < -0.4 is 4.74 Å². The van der Waals surface area contributed by atoms with Gasteiger partial charge in [0.15, 0.2) is 6.61 Å². The van der Waals surface area contributed by atoms with Crippen LogP contribution in [0.3, 0.4) is 0 Å². The van der Waals surface area contributed by atoms with Gasteiger partial charge in [0, 0.05) is 10.1 Å². The molecule has 1 aliphatic rings. The first-order chi connectivity index (χ1) is 9.08. The fourth-order valence-electron chi connectivity index (χ4n) is 2.11. The number of amides is 1. The quantitative estimate of drug-likeness (QED) is 0.815. The van der Waals surface area contributed by atoms with E-state index in [4.69, 9.17) is 9.84 Å². The summed E-state index contributed by atoms with van der Waals surface area (Å²) in [7, 11) is 0. The number of aliphatic carboxylic acids is 1. The number of benzene rings is 1. The Kier molecular flexibility index (Phi) is 4.62. The third kappa shape index (κ3) is 3.59. The number of nitrogens with zero attached hydrogens (tertiary/aromatic N) is 1. The maximum atomic E-state index is 12.0. The standard InChI is InChI=1S/C13H14INO4/c14-9-3-1-4-10(7-9)19-8-12(16)15-6-2-5-11(15)13(17)18/h1,3-4,7,11H,2,5-6,8H2,(H,17,18)/t11-/m0/s1. The molecule has 1 aromatic carbocycles. The SMILES string of the molecule is O=C(O)[C@@H]1CCCN1C(=O)COc1cccc(I)c1. The van der Waals surface area contributed by atoms with Gasteiger partial charge in [0.05, 0.1) is 0 Å². The van der Waals surface area contributed by atoms with Crippen molar-refractivity contribution in [2.75, 3.05) is 13.2 Å². The normalized spacial score (nSPS) is 18.4. The second kappa shape index (κ2) is 6.23. The molecule has 1 heterocycles. The number of carbonyl (C=O) groups is 2. The Hall–Kier alpha value is -1.31. The summed E-state index contributed by atoms with van der Waals surface area (Å²) in [5, 5.41) is 9.02. The van der Waals surface area contributed by atoms with Crippen LogP contribution in [0.1, 0.15) is 12.8 Å². The van der Waals surface area contributed by atoms with Crippen LogP contribution in [0, 0.1) is 3.57 Å². The van der Waals surface area contributed by atoms with Crippen LogP contribution in [-0.2, 0) is 9.59 Å². The Bertz CT molecular complexity index is 491. The van der Waals surface area contributed by atoms with E-state index in [9.17, 15) is 9.59 Å². The second-order valence-electron chi connectivity index (χ2n) is 4.33. The third-order valence-electron chi connectivity index (χ3n) is 3.02. The Morgan fingerprint density at radius 2 is 2.26 bits per heavy atom. The molecule has 1 saturated heterocycles. The van der Waals surface area contributed by atoms with Crippen LogP contribution in [0.2, 0.25) is 0 Å². The van der Waals surface area contributed by atoms with Crippen molar-refractivity contribution in [3.63, 3.8) is 0 Å². The number of ether oxygens (including phenoxy) is 1. The molecule has 1 amide bonds. The van der Waals surface area contributed by atoms with Crippen LogP contribution in [-0.4, -0.2) is 41.1 Å². The lowest BCUT2D eigenvalue weighted by Crippen LogP contribution is -2.42. The lowest BCUT2D eigenvalue weighted by molar-refractivity contribution is -0.148. The zero-order valence-electron chi connectivity index (χ0n) is 10.2. The molecule has 1 aromatic rings. The maximum absolute atomic E-state index is 12.0. The van der Waals surface area contributed by atoms with Gasteiger partial charge < -0.3 is 14.7 Å². The molecule has 1 fully saturated rings. The first-order valence-electron chi connectivity index (χ1n) is 5.98. The number of hydrogen-bond donors (Lipinski definition) is 1. The van der Waals surface area contributed by atoms with Gasteiger partial charge in [-0.05, 0) is 53.6 Å². The van der Waals surface area contributed by atoms with Crippen LogP contribution >= 0.6 is 22.6 Å². The van der Waals surface area contributed by atoms with Gasteiger partial charge in [-0.1, -0.05) is 6.07 Å². The predicted molar refractivity (Wildman–Crippen MR) is 77.0 cm³/mol. The molecule has 0 unspecified atom stereocenters. The van der Waals surface area contributed by atoms with E-state index in [0.717, 1.165) is 9.99 Å². The Labute approximate surface area is 124 Å². The largest absolute Gasteiger partial charge is 0.484 e. The molecular formula is C13H14INO4. The first kappa shape index (κ1) is 14.1. The molecule has 0 spiro atoms. The lowest BCUT2D eigenvalue weighted by Gasteiger charge is -2.21. The molecule has 0 aromatic heterocycles. The number of carboxylic acids is 1. The Morgan fingerprint density at radius 3 is 2.95 bits per heavy atom. The molecule has 0 bridgehead atoms. The summed E-state index contributed by atoms with van der Waals surface area (Å²) in [4.78, 5) is 24.3. The molecule has 0 saturated carbocycles. The second-order valence-corrected chi connectivity index (χ2v) is 5.58. The highest BCUT2D eigenvalue weighted by Gasteiger charge is 2.33. The van der Waals surface area contributed by atoms with Crippen molar-refractivity contribution >= 4 is 34.5 Å². The van der Waals surface area contributed by atoms with Gasteiger partial charge in [-0.3, -0.25) is 4.79 Å². The van der Waals surface area contributed by atoms with Gasteiger partial charge >= 0.3 is 5.97 Å². The summed E-state index contributed by atoms with van der Waals surface area (Å²) < 4.78 is 6.42. The number of likely N-dealkylation sites (tertiary alicyclic amines) is 1. The van der Waals surface area contributed by atoms with Crippen LogP contribution in [0.5, 0.6) is 5.75 Å². The van der Waals surface area contributed by atoms with Gasteiger partial charge in [-0.2, -0.15) is 0 Å². The fourth-order valence-corrected chi connectivity index (χ4v) is 2.62. The zero-order chi connectivity index (χ0) is 13.8. The first-order valence-corrected chi connectivity index (χ1v) is 7.06. The van der Waals surface area contributed by atoms with Gasteiger partial charge in [-0.15, -0.1) is 0 Å². The molecule has 19 heavy (non-hydrogen) atoms. The minimum Gasteiger partial charge on any atom is -0.484 e. The van der Waals surface area contributed by atoms with Gasteiger partial charge in [0.2, 0.25) is 0 Å². The average Bonchev–Trinajstić information content (AvgIpc) is 2.85. The topological polar surface area (TPSA) is 66.8 Å². The van der Waals surface area contributed by atoms with Gasteiger partial charge in [0.1, 0.15) is 11.8 Å². The molecule has 1 N–H and O–H groups in total. The molecule has 0 aliphatic carbocycles. The zero-order valence-corrected chi connectivity index (χ0v) is 12.4. The van der Waals surface area contributed by atoms with Gasteiger partial charge in [0.25, 0.3) is 5.91 Å². The summed E-state index contributed by atoms with van der Waals surface area (Å²) in [6, 6.07) is 6.67. The van der Waals surface area contributed by atoms with E-state index in [1.165, 1.54) is 4.90 Å². The van der Waals surface area contributed by atoms with Crippen molar-refractivity contribution in [3.8, 4) is 5.75 Å². The van der Waals surface area contributed by atoms with Crippen molar-refractivity contribution in [3.05, 3.63) is 27.8 Å². The number of halogens is 1. The van der Waals surface area contributed by atoms with Crippen LogP contribution in [0.15, 0.2) is 24.3 Å². The third-order valence-corrected chi connectivity index (χ3v) is 3.69. The molecular weight excluding hydrogens is 361 g/mol. The number of rotatable bonds is 4. The number of hydrogen-bond acceptors (Lipinski definition) is 3. The summed E-state index contributed by atoms with van der Waals surface area (Å²) in [6.07, 6.45) is 1.25. The highest BCUT2D eigenvalue weighted by Crippen LogP contribution is 2.19. The van der Waals surface area contributed by atoms with E-state index >= 15 is 0 Å². The smallest absolute Gasteiger partial charge is 0.326 e. The van der Waals surface area contributed by atoms with E-state index in [1.54, 1.807) is 6.07 Å². The number of carbonyl (C=O) groups excluding carboxylic acids is 1. The highest BCUT2D eigenvalue weighted by molar-refractivity contribution is 14.1. The summed E-state index contributed by atoms with van der Waals surface area (Å²) in [5.74, 6) is -0.602. The van der Waals surface area contributed by atoms with E-state index in [-0.39, 0.29) is 12.5 Å². The minimum atomic E-state index is -0.944. The molecule has 5 nitrogen and oxygen atoms in total. The Balaban J connectivity index is 1.92. The van der Waals surface area contributed by atoms with Gasteiger partial charge in [-0.25, -0.2) is 4.79 Å². The number of carboxylic acid groups (broad SMARTS) is 1. The Morgan fingerprint density at radius 1 is 1.47 bits per heavy atom. The van der Waals surface area contributed by atoms with Crippen molar-refractivity contribution in [2.24, 2.45) is 0 Å². The molecule has 1 aliphatic heterocycles. The van der Waals surface area contributed by atoms with Crippen molar-refractivity contribution in [2.45, 2.75) is 18.9 Å². The monoisotopic (exact) mass is 375 g/mol. The van der Waals surface area contributed by atoms with E-state index in [1.807, 2.05) is 18.2 Å². The summed E-state index contributed by atoms with van der Waals surface area (Å²) in [6.45, 7) is 0.370. The maximum Gasteiger partial charge on any atom is 0.326 e. The molecule has 102 valence electrons. The molecule has 0 radical (unpaired) electrons. The predicted octanol–water partition coefficient (Wildman–Crippen LogP) is 1.75.